The van der Waals surface area contributed by atoms with E-state index in [4.69, 9.17) is 9.84 Å². The topological polar surface area (TPSA) is 59.4 Å². The Balaban J connectivity index is 1.51. The zero-order valence-corrected chi connectivity index (χ0v) is 17.5. The van der Waals surface area contributed by atoms with Crippen LogP contribution in [-0.2, 0) is 12.8 Å². The van der Waals surface area contributed by atoms with Crippen LogP contribution in [0.15, 0.2) is 85.1 Å². The van der Waals surface area contributed by atoms with Gasteiger partial charge in [0.15, 0.2) is 0 Å². The normalized spacial score (nSPS) is 11.3. The van der Waals surface area contributed by atoms with Crippen LogP contribution in [0, 0.1) is 5.82 Å². The molecule has 0 atom stereocenters. The summed E-state index contributed by atoms with van der Waals surface area (Å²) >= 11 is 0. The molecular weight excluding hydrogens is 450 g/mol. The number of ether oxygens (including phenoxy) is 1. The van der Waals surface area contributed by atoms with Crippen molar-refractivity contribution in [3.63, 3.8) is 0 Å². The van der Waals surface area contributed by atoms with Crippen LogP contribution in [0.1, 0.15) is 21.6 Å². The number of carboxylic acid groups (broad SMARTS) is 1. The third-order valence-corrected chi connectivity index (χ3v) is 5.14. The van der Waals surface area contributed by atoms with Crippen molar-refractivity contribution in [1.82, 2.24) is 4.98 Å². The number of aromatic carboxylic acids is 1. The first-order chi connectivity index (χ1) is 16.2. The molecular formula is C26H17F4NO3. The molecule has 0 aliphatic heterocycles. The van der Waals surface area contributed by atoms with Gasteiger partial charge in [-0.2, -0.15) is 13.2 Å². The molecule has 0 spiro atoms. The molecule has 0 radical (unpaired) electrons. The van der Waals surface area contributed by atoms with E-state index < -0.39 is 23.5 Å². The van der Waals surface area contributed by atoms with Crippen LogP contribution in [0.25, 0.3) is 22.3 Å². The standard InChI is InChI=1S/C26H17F4NO3/c27-23-4-2-1-3-21(23)20-11-10-19(13-22(20)26(28,29)30)34-15-16-5-7-17(8-6-16)18-9-12-24(25(32)33)31-14-18/h1-14H,15H2,(H,32,33). The lowest BCUT2D eigenvalue weighted by Gasteiger charge is -2.16. The summed E-state index contributed by atoms with van der Waals surface area (Å²) in [5.74, 6) is -1.85. The van der Waals surface area contributed by atoms with E-state index in [1.807, 2.05) is 0 Å². The molecule has 0 saturated carbocycles. The molecule has 34 heavy (non-hydrogen) atoms. The number of halogens is 4. The predicted octanol–water partition coefficient (Wildman–Crippen LogP) is 6.85. The number of rotatable bonds is 6. The minimum atomic E-state index is -4.69. The van der Waals surface area contributed by atoms with Gasteiger partial charge in [-0.05, 0) is 47.0 Å². The van der Waals surface area contributed by atoms with Gasteiger partial charge < -0.3 is 9.84 Å². The molecule has 172 valence electrons. The predicted molar refractivity (Wildman–Crippen MR) is 118 cm³/mol. The minimum absolute atomic E-state index is 0.00458. The SMILES string of the molecule is O=C(O)c1ccc(-c2ccc(COc3ccc(-c4ccccc4F)c(C(F)(F)F)c3)cc2)cn1. The lowest BCUT2D eigenvalue weighted by molar-refractivity contribution is -0.137. The maximum atomic E-state index is 14.1. The zero-order valence-electron chi connectivity index (χ0n) is 17.5. The number of pyridine rings is 1. The minimum Gasteiger partial charge on any atom is -0.489 e. The summed E-state index contributed by atoms with van der Waals surface area (Å²) in [5.41, 5.74) is 0.784. The van der Waals surface area contributed by atoms with E-state index in [-0.39, 0.29) is 29.2 Å². The van der Waals surface area contributed by atoms with E-state index in [0.29, 0.717) is 5.56 Å². The van der Waals surface area contributed by atoms with Crippen LogP contribution in [0.4, 0.5) is 17.6 Å². The van der Waals surface area contributed by atoms with Crippen LogP contribution in [-0.4, -0.2) is 16.1 Å². The third kappa shape index (κ3) is 5.06. The second-order valence-electron chi connectivity index (χ2n) is 7.41. The van der Waals surface area contributed by atoms with E-state index in [0.717, 1.165) is 23.3 Å². The quantitative estimate of drug-likeness (QED) is 0.315. The summed E-state index contributed by atoms with van der Waals surface area (Å²) in [6, 6.07) is 18.8. The number of benzene rings is 3. The van der Waals surface area contributed by atoms with Crippen LogP contribution < -0.4 is 4.74 Å². The Morgan fingerprint density at radius 1 is 0.882 bits per heavy atom. The number of aromatic nitrogens is 1. The van der Waals surface area contributed by atoms with Gasteiger partial charge in [-0.3, -0.25) is 0 Å². The Labute approximate surface area is 192 Å². The van der Waals surface area contributed by atoms with Crippen LogP contribution >= 0.6 is 0 Å². The van der Waals surface area contributed by atoms with Gasteiger partial charge in [0.1, 0.15) is 23.9 Å². The average molecular weight is 467 g/mol. The number of alkyl halides is 3. The fourth-order valence-corrected chi connectivity index (χ4v) is 3.41. The molecule has 0 amide bonds. The van der Waals surface area contributed by atoms with Crippen molar-refractivity contribution in [3.8, 4) is 28.0 Å². The first-order valence-electron chi connectivity index (χ1n) is 10.1. The largest absolute Gasteiger partial charge is 0.489 e. The number of carbonyl (C=O) groups is 1. The Hall–Kier alpha value is -4.20. The lowest BCUT2D eigenvalue weighted by Crippen LogP contribution is -2.08. The Kier molecular flexibility index (Phi) is 6.32. The summed E-state index contributed by atoms with van der Waals surface area (Å²) in [6.07, 6.45) is -3.24. The highest BCUT2D eigenvalue weighted by molar-refractivity contribution is 5.85. The molecule has 0 aliphatic rings. The monoisotopic (exact) mass is 467 g/mol. The van der Waals surface area contributed by atoms with Crippen molar-refractivity contribution in [3.05, 3.63) is 108 Å². The highest BCUT2D eigenvalue weighted by atomic mass is 19.4. The summed E-state index contributed by atoms with van der Waals surface area (Å²) in [4.78, 5) is 14.8. The van der Waals surface area contributed by atoms with Gasteiger partial charge in [-0.1, -0.05) is 48.5 Å². The van der Waals surface area contributed by atoms with Crippen molar-refractivity contribution >= 4 is 5.97 Å². The van der Waals surface area contributed by atoms with Gasteiger partial charge in [0.05, 0.1) is 5.56 Å². The van der Waals surface area contributed by atoms with Crippen LogP contribution in [0.5, 0.6) is 5.75 Å². The van der Waals surface area contributed by atoms with Crippen molar-refractivity contribution in [1.29, 1.82) is 0 Å². The highest BCUT2D eigenvalue weighted by Gasteiger charge is 2.34. The smallest absolute Gasteiger partial charge is 0.417 e. The Morgan fingerprint density at radius 3 is 2.21 bits per heavy atom. The van der Waals surface area contributed by atoms with E-state index in [1.54, 1.807) is 30.3 Å². The molecule has 0 bridgehead atoms. The first-order valence-corrected chi connectivity index (χ1v) is 10.1. The van der Waals surface area contributed by atoms with Crippen molar-refractivity contribution < 1.29 is 32.2 Å². The zero-order chi connectivity index (χ0) is 24.3. The van der Waals surface area contributed by atoms with Crippen LogP contribution in [0.2, 0.25) is 0 Å². The first kappa shape index (κ1) is 23.0. The molecule has 0 saturated heterocycles. The van der Waals surface area contributed by atoms with Crippen molar-refractivity contribution in [2.75, 3.05) is 0 Å². The van der Waals surface area contributed by atoms with Gasteiger partial charge in [0, 0.05) is 17.3 Å². The van der Waals surface area contributed by atoms with E-state index >= 15 is 0 Å². The molecule has 3 aromatic carbocycles. The average Bonchev–Trinajstić information content (AvgIpc) is 2.83. The maximum absolute atomic E-state index is 14.1. The summed E-state index contributed by atoms with van der Waals surface area (Å²) in [6.45, 7) is 0.0207. The lowest BCUT2D eigenvalue weighted by atomic mass is 9.98. The highest BCUT2D eigenvalue weighted by Crippen LogP contribution is 2.40. The molecule has 1 N–H and O–H groups in total. The summed E-state index contributed by atoms with van der Waals surface area (Å²) in [7, 11) is 0. The van der Waals surface area contributed by atoms with E-state index in [2.05, 4.69) is 4.98 Å². The molecule has 0 aliphatic carbocycles. The molecule has 4 aromatic rings. The van der Waals surface area contributed by atoms with Gasteiger partial charge in [-0.15, -0.1) is 0 Å². The molecule has 0 unspecified atom stereocenters. The molecule has 4 nitrogen and oxygen atoms in total. The second kappa shape index (κ2) is 9.35. The molecule has 1 aromatic heterocycles. The Morgan fingerprint density at radius 2 is 1.59 bits per heavy atom. The van der Waals surface area contributed by atoms with E-state index in [9.17, 15) is 22.4 Å². The summed E-state index contributed by atoms with van der Waals surface area (Å²) < 4.78 is 60.7. The number of hydrogen-bond donors (Lipinski definition) is 1. The molecule has 8 heteroatoms. The maximum Gasteiger partial charge on any atom is 0.417 e. The number of hydrogen-bond acceptors (Lipinski definition) is 3. The van der Waals surface area contributed by atoms with E-state index in [1.165, 1.54) is 42.6 Å². The molecule has 1 heterocycles. The number of nitrogens with zero attached hydrogens (tertiary/aromatic N) is 1. The summed E-state index contributed by atoms with van der Waals surface area (Å²) in [5, 5.41) is 8.93. The van der Waals surface area contributed by atoms with Crippen molar-refractivity contribution in [2.45, 2.75) is 12.8 Å². The van der Waals surface area contributed by atoms with Gasteiger partial charge >= 0.3 is 12.1 Å². The Bertz CT molecular complexity index is 1320. The van der Waals surface area contributed by atoms with Gasteiger partial charge in [-0.25, -0.2) is 14.2 Å². The van der Waals surface area contributed by atoms with Gasteiger partial charge in [0.2, 0.25) is 0 Å². The van der Waals surface area contributed by atoms with Crippen LogP contribution in [0.3, 0.4) is 0 Å². The fraction of sp³-hybridized carbons (Fsp3) is 0.0769. The second-order valence-corrected chi connectivity index (χ2v) is 7.41. The molecule has 0 fully saturated rings. The molecule has 4 rings (SSSR count). The third-order valence-electron chi connectivity index (χ3n) is 5.14. The van der Waals surface area contributed by atoms with Gasteiger partial charge in [0.25, 0.3) is 0 Å². The fourth-order valence-electron chi connectivity index (χ4n) is 3.41. The number of carboxylic acids is 1. The van der Waals surface area contributed by atoms with Crippen molar-refractivity contribution in [2.24, 2.45) is 0 Å².